The predicted molar refractivity (Wildman–Crippen MR) is 115 cm³/mol. The first-order valence-electron chi connectivity index (χ1n) is 9.28. The average molecular weight is 437 g/mol. The summed E-state index contributed by atoms with van der Waals surface area (Å²) in [6.07, 6.45) is 0. The normalized spacial score (nSPS) is 10.8. The number of aryl methyl sites for hydroxylation is 1. The van der Waals surface area contributed by atoms with Crippen LogP contribution < -0.4 is 5.32 Å². The second-order valence-electron chi connectivity index (χ2n) is 6.80. The number of rotatable bonds is 5. The molecule has 0 aliphatic heterocycles. The lowest BCUT2D eigenvalue weighted by Crippen LogP contribution is -2.14. The Morgan fingerprint density at radius 2 is 1.84 bits per heavy atom. The third kappa shape index (κ3) is 3.80. The lowest BCUT2D eigenvalue weighted by atomic mass is 10.1. The van der Waals surface area contributed by atoms with E-state index in [4.69, 9.17) is 16.1 Å². The topological polar surface area (TPSA) is 110 Å². The number of carbonyl (C=O) groups excluding carboxylic acids is 1. The molecule has 4 rings (SSSR count). The van der Waals surface area contributed by atoms with Crippen LogP contribution in [0.2, 0.25) is 5.02 Å². The van der Waals surface area contributed by atoms with Gasteiger partial charge in [0.05, 0.1) is 17.1 Å². The number of aromatic nitrogens is 3. The minimum absolute atomic E-state index is 0.0890. The molecular weight excluding hydrogens is 420 g/mol. The minimum Gasteiger partial charge on any atom is -0.477 e. The highest BCUT2D eigenvalue weighted by Crippen LogP contribution is 2.34. The number of carbonyl (C=O) groups is 2. The Morgan fingerprint density at radius 1 is 1.10 bits per heavy atom. The van der Waals surface area contributed by atoms with Crippen LogP contribution in [0, 0.1) is 13.8 Å². The van der Waals surface area contributed by atoms with Gasteiger partial charge >= 0.3 is 5.97 Å². The number of nitrogens with one attached hydrogen (secondary N) is 1. The summed E-state index contributed by atoms with van der Waals surface area (Å²) in [7, 11) is 0. The molecule has 0 saturated carbocycles. The second-order valence-corrected chi connectivity index (χ2v) is 7.23. The molecule has 9 heteroatoms. The maximum atomic E-state index is 12.5. The van der Waals surface area contributed by atoms with E-state index in [1.165, 1.54) is 6.07 Å². The molecule has 0 atom stereocenters. The van der Waals surface area contributed by atoms with Gasteiger partial charge in [0.25, 0.3) is 5.91 Å². The zero-order valence-corrected chi connectivity index (χ0v) is 17.3. The van der Waals surface area contributed by atoms with Crippen molar-refractivity contribution in [3.63, 3.8) is 0 Å². The van der Waals surface area contributed by atoms with Gasteiger partial charge < -0.3 is 9.63 Å². The molecule has 0 saturated heterocycles. The maximum absolute atomic E-state index is 12.5. The third-order valence-electron chi connectivity index (χ3n) is 4.75. The first-order valence-corrected chi connectivity index (χ1v) is 9.66. The van der Waals surface area contributed by atoms with E-state index in [1.54, 1.807) is 29.8 Å². The van der Waals surface area contributed by atoms with Gasteiger partial charge in [-0.25, -0.2) is 9.48 Å². The van der Waals surface area contributed by atoms with E-state index >= 15 is 0 Å². The van der Waals surface area contributed by atoms with E-state index < -0.39 is 11.9 Å². The molecule has 0 bridgehead atoms. The minimum atomic E-state index is -1.29. The molecule has 0 unspecified atom stereocenters. The number of carboxylic acids is 1. The molecular formula is C22H17ClN4O4. The summed E-state index contributed by atoms with van der Waals surface area (Å²) in [5, 5.41) is 21.2. The van der Waals surface area contributed by atoms with Crippen molar-refractivity contribution < 1.29 is 19.2 Å². The van der Waals surface area contributed by atoms with E-state index in [1.807, 2.05) is 37.3 Å². The van der Waals surface area contributed by atoms with Crippen LogP contribution in [0.3, 0.4) is 0 Å². The first-order chi connectivity index (χ1) is 14.9. The largest absolute Gasteiger partial charge is 0.477 e. The van der Waals surface area contributed by atoms with Gasteiger partial charge in [-0.05, 0) is 44.2 Å². The van der Waals surface area contributed by atoms with E-state index in [2.05, 4.69) is 15.6 Å². The fourth-order valence-corrected chi connectivity index (χ4v) is 3.55. The van der Waals surface area contributed by atoms with Gasteiger partial charge in [0.2, 0.25) is 5.88 Å². The molecule has 0 radical (unpaired) electrons. The quantitative estimate of drug-likeness (QED) is 0.467. The monoisotopic (exact) mass is 436 g/mol. The lowest BCUT2D eigenvalue weighted by Gasteiger charge is -2.05. The van der Waals surface area contributed by atoms with Gasteiger partial charge in [-0.15, -0.1) is 0 Å². The molecule has 0 aliphatic rings. The smallest absolute Gasteiger partial charge is 0.343 e. The number of hydrogen-bond donors (Lipinski definition) is 2. The predicted octanol–water partition coefficient (Wildman–Crippen LogP) is 4.75. The molecule has 156 valence electrons. The van der Waals surface area contributed by atoms with Crippen LogP contribution in [0.25, 0.3) is 16.9 Å². The molecule has 31 heavy (non-hydrogen) atoms. The molecule has 2 aromatic heterocycles. The van der Waals surface area contributed by atoms with Gasteiger partial charge in [0.15, 0.2) is 5.56 Å². The van der Waals surface area contributed by atoms with E-state index in [-0.39, 0.29) is 22.7 Å². The molecule has 2 N–H and O–H groups in total. The standard InChI is InChI=1S/C22H17ClN4O4/c1-12-17(13(2)27(25-12)16-9-4-3-5-10-16)19-18(22(29)30)21(31-26-19)24-20(28)14-7-6-8-15(23)11-14/h3-11H,1-2H3,(H,24,28)(H,29,30). The highest BCUT2D eigenvalue weighted by atomic mass is 35.5. The van der Waals surface area contributed by atoms with Crippen LogP contribution in [0.4, 0.5) is 5.88 Å². The third-order valence-corrected chi connectivity index (χ3v) is 4.98. The summed E-state index contributed by atoms with van der Waals surface area (Å²) >= 11 is 5.93. The van der Waals surface area contributed by atoms with Gasteiger partial charge in [0, 0.05) is 16.1 Å². The first kappa shape index (κ1) is 20.4. The van der Waals surface area contributed by atoms with Crippen LogP contribution in [0.5, 0.6) is 0 Å². The number of halogens is 1. The Bertz CT molecular complexity index is 1290. The number of anilines is 1. The maximum Gasteiger partial charge on any atom is 0.343 e. The molecule has 1 amide bonds. The van der Waals surface area contributed by atoms with Crippen molar-refractivity contribution in [3.05, 3.63) is 82.1 Å². The molecule has 4 aromatic rings. The Hall–Kier alpha value is -3.91. The SMILES string of the molecule is Cc1nn(-c2ccccc2)c(C)c1-c1noc(NC(=O)c2cccc(Cl)c2)c1C(=O)O. The molecule has 8 nitrogen and oxygen atoms in total. The zero-order valence-electron chi connectivity index (χ0n) is 16.6. The van der Waals surface area contributed by atoms with Crippen LogP contribution in [-0.4, -0.2) is 31.9 Å². The number of hydrogen-bond acceptors (Lipinski definition) is 5. The Labute approximate surface area is 182 Å². The van der Waals surface area contributed by atoms with E-state index in [0.717, 1.165) is 5.69 Å². The summed E-state index contributed by atoms with van der Waals surface area (Å²) < 4.78 is 6.93. The zero-order chi connectivity index (χ0) is 22.1. The Morgan fingerprint density at radius 3 is 2.52 bits per heavy atom. The van der Waals surface area contributed by atoms with Crippen LogP contribution in [0.1, 0.15) is 32.1 Å². The lowest BCUT2D eigenvalue weighted by molar-refractivity contribution is 0.0698. The number of para-hydroxylation sites is 1. The van der Waals surface area contributed by atoms with Crippen LogP contribution in [0.15, 0.2) is 59.1 Å². The van der Waals surface area contributed by atoms with Crippen LogP contribution in [-0.2, 0) is 0 Å². The fourth-order valence-electron chi connectivity index (χ4n) is 3.36. The number of carboxylic acid groups (broad SMARTS) is 1. The van der Waals surface area contributed by atoms with Crippen molar-refractivity contribution >= 4 is 29.4 Å². The van der Waals surface area contributed by atoms with E-state index in [9.17, 15) is 14.7 Å². The summed E-state index contributed by atoms with van der Waals surface area (Å²) in [4.78, 5) is 24.6. The Kier molecular flexibility index (Phi) is 5.31. The number of amides is 1. The van der Waals surface area contributed by atoms with E-state index in [0.29, 0.717) is 22.0 Å². The van der Waals surface area contributed by atoms with Crippen molar-refractivity contribution in [3.8, 4) is 16.9 Å². The summed E-state index contributed by atoms with van der Waals surface area (Å²) in [6.45, 7) is 3.57. The van der Waals surface area contributed by atoms with Crippen molar-refractivity contribution in [1.29, 1.82) is 0 Å². The molecule has 2 heterocycles. The van der Waals surface area contributed by atoms with Crippen molar-refractivity contribution in [1.82, 2.24) is 14.9 Å². The average Bonchev–Trinajstić information content (AvgIpc) is 3.28. The molecule has 0 aliphatic carbocycles. The van der Waals surface area contributed by atoms with Crippen molar-refractivity contribution in [2.75, 3.05) is 5.32 Å². The molecule has 2 aromatic carbocycles. The highest BCUT2D eigenvalue weighted by Gasteiger charge is 2.29. The van der Waals surface area contributed by atoms with Crippen molar-refractivity contribution in [2.24, 2.45) is 0 Å². The summed E-state index contributed by atoms with van der Waals surface area (Å²) in [5.74, 6) is -2.12. The molecule has 0 spiro atoms. The summed E-state index contributed by atoms with van der Waals surface area (Å²) in [5.41, 5.74) is 2.70. The molecule has 0 fully saturated rings. The van der Waals surface area contributed by atoms with Crippen molar-refractivity contribution in [2.45, 2.75) is 13.8 Å². The van der Waals surface area contributed by atoms with Gasteiger partial charge in [-0.2, -0.15) is 5.10 Å². The number of nitrogens with zero attached hydrogens (tertiary/aromatic N) is 3. The summed E-state index contributed by atoms with van der Waals surface area (Å²) in [6, 6.07) is 15.7. The van der Waals surface area contributed by atoms with Gasteiger partial charge in [-0.3, -0.25) is 10.1 Å². The van der Waals surface area contributed by atoms with Crippen LogP contribution >= 0.6 is 11.6 Å². The second kappa shape index (κ2) is 8.08. The van der Waals surface area contributed by atoms with Gasteiger partial charge in [-0.1, -0.05) is 41.0 Å². The number of aromatic carboxylic acids is 1. The van der Waals surface area contributed by atoms with Gasteiger partial charge in [0.1, 0.15) is 5.69 Å². The Balaban J connectivity index is 1.76. The number of benzene rings is 2. The fraction of sp³-hybridized carbons (Fsp3) is 0.0909. The highest BCUT2D eigenvalue weighted by molar-refractivity contribution is 6.31.